The molecule has 0 aliphatic carbocycles. The maximum Gasteiger partial charge on any atom is 0.0830 e. The molecule has 2 heteroatoms. The van der Waals surface area contributed by atoms with E-state index in [2.05, 4.69) is 19.1 Å². The van der Waals surface area contributed by atoms with Crippen molar-refractivity contribution in [3.63, 3.8) is 0 Å². The molecule has 0 heterocycles. The molecule has 0 saturated carbocycles. The van der Waals surface area contributed by atoms with Crippen LogP contribution in [0.3, 0.4) is 0 Å². The molecule has 0 amide bonds. The largest absolute Gasteiger partial charge is 0.388 e. The van der Waals surface area contributed by atoms with Gasteiger partial charge in [0.15, 0.2) is 0 Å². The summed E-state index contributed by atoms with van der Waals surface area (Å²) in [7, 11) is 0. The summed E-state index contributed by atoms with van der Waals surface area (Å²) in [5, 5.41) is 11.0. The normalized spacial score (nSPS) is 12.4. The van der Waals surface area contributed by atoms with Crippen LogP contribution in [0.25, 0.3) is 0 Å². The Morgan fingerprint density at radius 1 is 0.947 bits per heavy atom. The number of aliphatic hydroxyl groups is 1. The predicted molar refractivity (Wildman–Crippen MR) is 80.6 cm³/mol. The van der Waals surface area contributed by atoms with Crippen molar-refractivity contribution in [3.05, 3.63) is 70.2 Å². The molecule has 100 valence electrons. The number of aliphatic hydroxyl groups excluding tert-OH is 1. The maximum atomic E-state index is 10.2. The molecule has 0 bridgehead atoms. The van der Waals surface area contributed by atoms with Crippen molar-refractivity contribution in [2.75, 3.05) is 0 Å². The van der Waals surface area contributed by atoms with E-state index >= 15 is 0 Å². The van der Waals surface area contributed by atoms with Crippen LogP contribution in [-0.2, 0) is 12.8 Å². The fraction of sp³-hybridized carbons (Fsp3) is 0.294. The summed E-state index contributed by atoms with van der Waals surface area (Å²) in [4.78, 5) is 0. The van der Waals surface area contributed by atoms with Crippen molar-refractivity contribution in [3.8, 4) is 0 Å². The van der Waals surface area contributed by atoms with E-state index in [1.807, 2.05) is 36.4 Å². The lowest BCUT2D eigenvalue weighted by Crippen LogP contribution is -2.01. The highest BCUT2D eigenvalue weighted by Crippen LogP contribution is 2.20. The molecule has 0 fully saturated rings. The Kier molecular flexibility index (Phi) is 5.00. The van der Waals surface area contributed by atoms with Crippen LogP contribution in [0, 0.1) is 0 Å². The van der Waals surface area contributed by atoms with E-state index in [0.29, 0.717) is 6.42 Å². The van der Waals surface area contributed by atoms with Crippen LogP contribution in [-0.4, -0.2) is 5.11 Å². The Morgan fingerprint density at radius 2 is 1.53 bits per heavy atom. The lowest BCUT2D eigenvalue weighted by Gasteiger charge is -2.12. The van der Waals surface area contributed by atoms with E-state index in [4.69, 9.17) is 11.6 Å². The average Bonchev–Trinajstić information content (AvgIpc) is 2.42. The maximum absolute atomic E-state index is 10.2. The third-order valence-electron chi connectivity index (χ3n) is 3.25. The highest BCUT2D eigenvalue weighted by atomic mass is 35.5. The fourth-order valence-corrected chi connectivity index (χ4v) is 2.28. The molecule has 0 spiro atoms. The molecule has 0 radical (unpaired) electrons. The van der Waals surface area contributed by atoms with Gasteiger partial charge in [0.05, 0.1) is 6.10 Å². The van der Waals surface area contributed by atoms with Gasteiger partial charge in [-0.1, -0.05) is 61.3 Å². The van der Waals surface area contributed by atoms with Gasteiger partial charge in [0.2, 0.25) is 0 Å². The van der Waals surface area contributed by atoms with Gasteiger partial charge in [-0.25, -0.2) is 0 Å². The first-order chi connectivity index (χ1) is 9.19. The number of benzene rings is 2. The molecule has 1 N–H and O–H groups in total. The second-order valence-electron chi connectivity index (χ2n) is 4.84. The van der Waals surface area contributed by atoms with Crippen molar-refractivity contribution < 1.29 is 5.11 Å². The van der Waals surface area contributed by atoms with E-state index in [9.17, 15) is 5.11 Å². The molecular weight excluding hydrogens is 256 g/mol. The third-order valence-corrected chi connectivity index (χ3v) is 3.50. The molecular formula is C17H19ClO. The first-order valence-corrected chi connectivity index (χ1v) is 7.08. The van der Waals surface area contributed by atoms with Gasteiger partial charge in [0.25, 0.3) is 0 Å². The monoisotopic (exact) mass is 274 g/mol. The van der Waals surface area contributed by atoms with Crippen LogP contribution in [0.4, 0.5) is 0 Å². The fourth-order valence-electron chi connectivity index (χ4n) is 2.16. The Hall–Kier alpha value is -1.31. The van der Waals surface area contributed by atoms with Crippen molar-refractivity contribution in [2.45, 2.75) is 32.3 Å². The van der Waals surface area contributed by atoms with Gasteiger partial charge in [-0.2, -0.15) is 0 Å². The Bertz CT molecular complexity index is 502. The number of aryl methyl sites for hydroxylation is 1. The minimum Gasteiger partial charge on any atom is -0.388 e. The van der Waals surface area contributed by atoms with Crippen LogP contribution in [0.15, 0.2) is 48.5 Å². The zero-order valence-corrected chi connectivity index (χ0v) is 11.9. The molecule has 0 aromatic heterocycles. The number of hydrogen-bond donors (Lipinski definition) is 1. The zero-order valence-electron chi connectivity index (χ0n) is 11.1. The molecule has 0 aliphatic heterocycles. The predicted octanol–water partition coefficient (Wildman–Crippen LogP) is 4.57. The summed E-state index contributed by atoms with van der Waals surface area (Å²) in [6, 6.07) is 15.9. The molecule has 2 rings (SSSR count). The Morgan fingerprint density at radius 3 is 2.11 bits per heavy atom. The molecule has 1 unspecified atom stereocenters. The smallest absolute Gasteiger partial charge is 0.0830 e. The third kappa shape index (κ3) is 4.09. The average molecular weight is 275 g/mol. The van der Waals surface area contributed by atoms with Crippen molar-refractivity contribution in [1.29, 1.82) is 0 Å². The minimum atomic E-state index is -0.461. The molecule has 19 heavy (non-hydrogen) atoms. The lowest BCUT2D eigenvalue weighted by atomic mass is 9.99. The van der Waals surface area contributed by atoms with Gasteiger partial charge in [-0.3, -0.25) is 0 Å². The number of halogens is 1. The summed E-state index contributed by atoms with van der Waals surface area (Å²) >= 11 is 5.85. The first kappa shape index (κ1) is 14.1. The van der Waals surface area contributed by atoms with Crippen LogP contribution >= 0.6 is 11.6 Å². The second kappa shape index (κ2) is 6.74. The SMILES string of the molecule is CCCc1ccc(C(O)Cc2ccc(Cl)cc2)cc1. The lowest BCUT2D eigenvalue weighted by molar-refractivity contribution is 0.178. The molecule has 0 saturated heterocycles. The van der Waals surface area contributed by atoms with Crippen LogP contribution < -0.4 is 0 Å². The summed E-state index contributed by atoms with van der Waals surface area (Å²) in [5.41, 5.74) is 3.38. The first-order valence-electron chi connectivity index (χ1n) is 6.70. The second-order valence-corrected chi connectivity index (χ2v) is 5.27. The van der Waals surface area contributed by atoms with E-state index in [0.717, 1.165) is 29.0 Å². The number of rotatable bonds is 5. The van der Waals surface area contributed by atoms with E-state index in [-0.39, 0.29) is 0 Å². The highest BCUT2D eigenvalue weighted by molar-refractivity contribution is 6.30. The quantitative estimate of drug-likeness (QED) is 0.847. The topological polar surface area (TPSA) is 20.2 Å². The molecule has 0 aliphatic rings. The van der Waals surface area contributed by atoms with Crippen molar-refractivity contribution in [1.82, 2.24) is 0 Å². The molecule has 1 nitrogen and oxygen atoms in total. The van der Waals surface area contributed by atoms with Crippen LogP contribution in [0.1, 0.15) is 36.1 Å². The van der Waals surface area contributed by atoms with Crippen molar-refractivity contribution >= 4 is 11.6 Å². The van der Waals surface area contributed by atoms with E-state index in [1.54, 1.807) is 0 Å². The summed E-state index contributed by atoms with van der Waals surface area (Å²) in [6.07, 6.45) is 2.39. The van der Waals surface area contributed by atoms with Crippen molar-refractivity contribution in [2.24, 2.45) is 0 Å². The van der Waals surface area contributed by atoms with Crippen LogP contribution in [0.2, 0.25) is 5.02 Å². The molecule has 1 atom stereocenters. The molecule has 2 aromatic carbocycles. The minimum absolute atomic E-state index is 0.461. The van der Waals surface area contributed by atoms with Gasteiger partial charge < -0.3 is 5.11 Å². The highest BCUT2D eigenvalue weighted by Gasteiger charge is 2.08. The van der Waals surface area contributed by atoms with Gasteiger partial charge in [0.1, 0.15) is 0 Å². The van der Waals surface area contributed by atoms with Gasteiger partial charge in [-0.15, -0.1) is 0 Å². The Labute approximate surface area is 119 Å². The van der Waals surface area contributed by atoms with E-state index < -0.39 is 6.10 Å². The standard InChI is InChI=1S/C17H19ClO/c1-2-3-13-4-8-15(9-5-13)17(19)12-14-6-10-16(18)11-7-14/h4-11,17,19H,2-3,12H2,1H3. The van der Waals surface area contributed by atoms with Gasteiger partial charge in [-0.05, 0) is 35.2 Å². The number of hydrogen-bond acceptors (Lipinski definition) is 1. The van der Waals surface area contributed by atoms with Crippen LogP contribution in [0.5, 0.6) is 0 Å². The summed E-state index contributed by atoms with van der Waals surface area (Å²) in [5.74, 6) is 0. The summed E-state index contributed by atoms with van der Waals surface area (Å²) in [6.45, 7) is 2.17. The van der Waals surface area contributed by atoms with E-state index in [1.165, 1.54) is 5.56 Å². The zero-order chi connectivity index (χ0) is 13.7. The Balaban J connectivity index is 2.02. The molecule has 2 aromatic rings. The van der Waals surface area contributed by atoms with Gasteiger partial charge in [0, 0.05) is 11.4 Å². The summed E-state index contributed by atoms with van der Waals surface area (Å²) < 4.78 is 0. The van der Waals surface area contributed by atoms with Gasteiger partial charge >= 0.3 is 0 Å².